The highest BCUT2D eigenvalue weighted by Gasteiger charge is 2.32. The van der Waals surface area contributed by atoms with Crippen molar-refractivity contribution in [2.24, 2.45) is 0 Å². The summed E-state index contributed by atoms with van der Waals surface area (Å²) in [7, 11) is 3.18. The average Bonchev–Trinajstić information content (AvgIpc) is 2.64. The lowest BCUT2D eigenvalue weighted by Crippen LogP contribution is -2.28. The number of nitrogens with one attached hydrogen (secondary N) is 3. The van der Waals surface area contributed by atoms with Crippen LogP contribution in [0.4, 0.5) is 33.7 Å². The van der Waals surface area contributed by atoms with Crippen molar-refractivity contribution in [1.82, 2.24) is 9.97 Å². The Morgan fingerprint density at radius 3 is 2.48 bits per heavy atom. The zero-order valence-corrected chi connectivity index (χ0v) is 15.9. The van der Waals surface area contributed by atoms with Crippen molar-refractivity contribution in [3.05, 3.63) is 51.1 Å². The standard InChI is InChI=1S/C18H20F5N5O/c1-4-13(10-6-5-9(7-11(10)20)18(21,22)23)25-15-14(12(24)8-19)16(29)27-17(26-15)28(2)3/h5-7,13,24H,4,8H2,1-3H3,(H2,25,26,27,29). The smallest absolute Gasteiger partial charge is 0.362 e. The van der Waals surface area contributed by atoms with E-state index in [2.05, 4.69) is 15.3 Å². The van der Waals surface area contributed by atoms with Crippen molar-refractivity contribution >= 4 is 17.5 Å². The highest BCUT2D eigenvalue weighted by Crippen LogP contribution is 2.33. The van der Waals surface area contributed by atoms with E-state index in [9.17, 15) is 26.7 Å². The zero-order chi connectivity index (χ0) is 21.9. The van der Waals surface area contributed by atoms with Gasteiger partial charge in [0.25, 0.3) is 5.56 Å². The molecule has 1 unspecified atom stereocenters. The molecule has 0 amide bonds. The largest absolute Gasteiger partial charge is 0.416 e. The Morgan fingerprint density at radius 2 is 2.00 bits per heavy atom. The molecule has 2 rings (SSSR count). The van der Waals surface area contributed by atoms with Crippen LogP contribution in [-0.4, -0.2) is 36.4 Å². The van der Waals surface area contributed by atoms with Crippen LogP contribution < -0.4 is 15.8 Å². The van der Waals surface area contributed by atoms with Crippen molar-refractivity contribution < 1.29 is 22.0 Å². The Morgan fingerprint density at radius 1 is 1.34 bits per heavy atom. The number of nitrogens with zero attached hydrogens (tertiary/aromatic N) is 2. The molecule has 0 saturated carbocycles. The van der Waals surface area contributed by atoms with Gasteiger partial charge in [0.1, 0.15) is 23.9 Å². The summed E-state index contributed by atoms with van der Waals surface area (Å²) < 4.78 is 65.8. The first-order chi connectivity index (χ1) is 13.5. The molecule has 0 bridgehead atoms. The first kappa shape index (κ1) is 22.3. The number of benzene rings is 1. The summed E-state index contributed by atoms with van der Waals surface area (Å²) in [5, 5.41) is 10.5. The number of hydrogen-bond acceptors (Lipinski definition) is 5. The monoisotopic (exact) mass is 417 g/mol. The van der Waals surface area contributed by atoms with Gasteiger partial charge in [-0.1, -0.05) is 13.0 Å². The summed E-state index contributed by atoms with van der Waals surface area (Å²) >= 11 is 0. The van der Waals surface area contributed by atoms with Gasteiger partial charge in [-0.2, -0.15) is 18.2 Å². The van der Waals surface area contributed by atoms with Crippen LogP contribution in [0.3, 0.4) is 0 Å². The quantitative estimate of drug-likeness (QED) is 0.471. The van der Waals surface area contributed by atoms with Gasteiger partial charge in [0, 0.05) is 19.7 Å². The number of hydrogen-bond donors (Lipinski definition) is 3. The van der Waals surface area contributed by atoms with Gasteiger partial charge in [0.05, 0.1) is 17.3 Å². The second-order valence-electron chi connectivity index (χ2n) is 6.46. The number of aromatic amines is 1. The molecule has 1 aromatic carbocycles. The van der Waals surface area contributed by atoms with Crippen LogP contribution in [0.25, 0.3) is 0 Å². The summed E-state index contributed by atoms with van der Waals surface area (Å²) in [6.45, 7) is 0.418. The number of aromatic nitrogens is 2. The van der Waals surface area contributed by atoms with E-state index in [-0.39, 0.29) is 29.3 Å². The maximum absolute atomic E-state index is 14.4. The molecule has 0 aliphatic carbocycles. The second kappa shape index (κ2) is 8.58. The summed E-state index contributed by atoms with van der Waals surface area (Å²) in [5.74, 6) is -1.14. The fraction of sp³-hybridized carbons (Fsp3) is 0.389. The van der Waals surface area contributed by atoms with Gasteiger partial charge >= 0.3 is 6.18 Å². The molecule has 6 nitrogen and oxygen atoms in total. The van der Waals surface area contributed by atoms with E-state index >= 15 is 0 Å². The maximum Gasteiger partial charge on any atom is 0.416 e. The lowest BCUT2D eigenvalue weighted by molar-refractivity contribution is -0.137. The van der Waals surface area contributed by atoms with E-state index in [1.807, 2.05) is 0 Å². The second-order valence-corrected chi connectivity index (χ2v) is 6.46. The van der Waals surface area contributed by atoms with Gasteiger partial charge in [-0.05, 0) is 18.6 Å². The summed E-state index contributed by atoms with van der Waals surface area (Å²) in [6.07, 6.45) is -4.47. The SMILES string of the molecule is CCC(Nc1nc(N(C)C)[nH]c(=O)c1C(=N)CF)c1ccc(C(F)(F)F)cc1F. The summed E-state index contributed by atoms with van der Waals surface area (Å²) in [6, 6.07) is 1.27. The third-order valence-electron chi connectivity index (χ3n) is 4.19. The molecule has 0 radical (unpaired) electrons. The van der Waals surface area contributed by atoms with Gasteiger partial charge in [0.2, 0.25) is 5.95 Å². The topological polar surface area (TPSA) is 84.9 Å². The Bertz CT molecular complexity index is 955. The molecule has 3 N–H and O–H groups in total. The van der Waals surface area contributed by atoms with Crippen molar-refractivity contribution in [2.45, 2.75) is 25.6 Å². The summed E-state index contributed by atoms with van der Waals surface area (Å²) in [4.78, 5) is 20.4. The van der Waals surface area contributed by atoms with Crippen molar-refractivity contribution in [1.29, 1.82) is 5.41 Å². The number of rotatable bonds is 7. The van der Waals surface area contributed by atoms with Gasteiger partial charge in [0.15, 0.2) is 0 Å². The molecule has 29 heavy (non-hydrogen) atoms. The van der Waals surface area contributed by atoms with Crippen LogP contribution >= 0.6 is 0 Å². The minimum Gasteiger partial charge on any atom is -0.362 e. The van der Waals surface area contributed by atoms with Crippen LogP contribution in [0.15, 0.2) is 23.0 Å². The first-order valence-electron chi connectivity index (χ1n) is 8.58. The molecule has 11 heteroatoms. The van der Waals surface area contributed by atoms with E-state index in [0.717, 1.165) is 12.1 Å². The Labute approximate surface area is 163 Å². The van der Waals surface area contributed by atoms with Crippen LogP contribution in [0.2, 0.25) is 0 Å². The Balaban J connectivity index is 2.53. The van der Waals surface area contributed by atoms with Crippen LogP contribution in [0, 0.1) is 11.2 Å². The zero-order valence-electron chi connectivity index (χ0n) is 15.9. The third kappa shape index (κ3) is 4.90. The Hall–Kier alpha value is -2.98. The first-order valence-corrected chi connectivity index (χ1v) is 8.58. The molecule has 0 aliphatic rings. The molecule has 0 fully saturated rings. The lowest BCUT2D eigenvalue weighted by Gasteiger charge is -2.22. The van der Waals surface area contributed by atoms with E-state index in [1.54, 1.807) is 21.0 Å². The normalized spacial score (nSPS) is 12.6. The van der Waals surface area contributed by atoms with E-state index in [1.165, 1.54) is 4.90 Å². The van der Waals surface area contributed by atoms with Gasteiger partial charge in [-0.25, -0.2) is 8.78 Å². The Kier molecular flexibility index (Phi) is 6.60. The predicted octanol–water partition coefficient (Wildman–Crippen LogP) is 3.89. The van der Waals surface area contributed by atoms with E-state index in [4.69, 9.17) is 5.41 Å². The van der Waals surface area contributed by atoms with Gasteiger partial charge in [-0.15, -0.1) is 0 Å². The van der Waals surface area contributed by atoms with Gasteiger partial charge < -0.3 is 15.6 Å². The average molecular weight is 417 g/mol. The number of H-pyrrole nitrogens is 1. The predicted molar refractivity (Wildman–Crippen MR) is 100 cm³/mol. The molecule has 1 heterocycles. The van der Waals surface area contributed by atoms with E-state index < -0.39 is 41.5 Å². The van der Waals surface area contributed by atoms with Crippen LogP contribution in [0.1, 0.15) is 36.1 Å². The molecule has 158 valence electrons. The molecule has 0 spiro atoms. The van der Waals surface area contributed by atoms with Crippen molar-refractivity contribution in [3.8, 4) is 0 Å². The molecular formula is C18H20F5N5O. The molecule has 0 saturated heterocycles. The number of anilines is 2. The molecule has 1 aromatic heterocycles. The fourth-order valence-electron chi connectivity index (χ4n) is 2.68. The van der Waals surface area contributed by atoms with Crippen LogP contribution in [0.5, 0.6) is 0 Å². The van der Waals surface area contributed by atoms with Crippen molar-refractivity contribution in [2.75, 3.05) is 31.0 Å². The minimum absolute atomic E-state index is 0.0771. The highest BCUT2D eigenvalue weighted by atomic mass is 19.4. The summed E-state index contributed by atoms with van der Waals surface area (Å²) in [5.41, 5.74) is -2.96. The molecule has 1 atom stereocenters. The fourth-order valence-corrected chi connectivity index (χ4v) is 2.68. The highest BCUT2D eigenvalue weighted by molar-refractivity contribution is 6.02. The minimum atomic E-state index is -4.69. The third-order valence-corrected chi connectivity index (χ3v) is 4.19. The van der Waals surface area contributed by atoms with E-state index in [0.29, 0.717) is 6.07 Å². The van der Waals surface area contributed by atoms with Gasteiger partial charge in [-0.3, -0.25) is 9.78 Å². The molecular weight excluding hydrogens is 397 g/mol. The van der Waals surface area contributed by atoms with Crippen LogP contribution in [-0.2, 0) is 6.18 Å². The van der Waals surface area contributed by atoms with Crippen molar-refractivity contribution in [3.63, 3.8) is 0 Å². The maximum atomic E-state index is 14.4. The molecule has 2 aromatic rings. The number of halogens is 5. The lowest BCUT2D eigenvalue weighted by atomic mass is 10.0. The number of alkyl halides is 4. The molecule has 0 aliphatic heterocycles.